The van der Waals surface area contributed by atoms with Gasteiger partial charge >= 0.3 is 5.97 Å². The van der Waals surface area contributed by atoms with E-state index < -0.39 is 5.97 Å². The predicted molar refractivity (Wildman–Crippen MR) is 66.0 cm³/mol. The molecule has 0 aromatic carbocycles. The molecule has 7 heteroatoms. The van der Waals surface area contributed by atoms with Crippen LogP contribution in [0.2, 0.25) is 0 Å². The quantitative estimate of drug-likeness (QED) is 0.760. The SMILES string of the molecule is CCN(C)C(=O)COC(=O)c1c(N)c(C)nn1C. The molecule has 0 spiro atoms. The second-order valence-corrected chi connectivity index (χ2v) is 3.96. The van der Waals surface area contributed by atoms with Gasteiger partial charge < -0.3 is 15.4 Å². The van der Waals surface area contributed by atoms with Gasteiger partial charge in [0.1, 0.15) is 0 Å². The number of aromatic nitrogens is 2. The Hall–Kier alpha value is -2.05. The molecule has 1 aromatic rings. The van der Waals surface area contributed by atoms with E-state index in [2.05, 4.69) is 5.10 Å². The maximum absolute atomic E-state index is 11.8. The van der Waals surface area contributed by atoms with Crippen LogP contribution in [0.15, 0.2) is 0 Å². The van der Waals surface area contributed by atoms with Gasteiger partial charge in [-0.05, 0) is 13.8 Å². The van der Waals surface area contributed by atoms with Crippen molar-refractivity contribution >= 4 is 17.6 Å². The maximum atomic E-state index is 11.8. The van der Waals surface area contributed by atoms with Crippen LogP contribution in [-0.4, -0.2) is 46.8 Å². The van der Waals surface area contributed by atoms with Crippen molar-refractivity contribution in [2.45, 2.75) is 13.8 Å². The van der Waals surface area contributed by atoms with Gasteiger partial charge in [-0.3, -0.25) is 9.48 Å². The second kappa shape index (κ2) is 5.52. The normalized spacial score (nSPS) is 10.2. The van der Waals surface area contributed by atoms with E-state index in [0.29, 0.717) is 12.2 Å². The highest BCUT2D eigenvalue weighted by molar-refractivity contribution is 5.95. The molecule has 2 N–H and O–H groups in total. The van der Waals surface area contributed by atoms with Crippen LogP contribution in [0.3, 0.4) is 0 Å². The molecule has 1 heterocycles. The Kier molecular flexibility index (Phi) is 4.30. The summed E-state index contributed by atoms with van der Waals surface area (Å²) in [5.74, 6) is -0.906. The molecule has 0 aliphatic carbocycles. The number of hydrogen-bond acceptors (Lipinski definition) is 5. The molecule has 0 aliphatic rings. The van der Waals surface area contributed by atoms with Crippen molar-refractivity contribution in [3.05, 3.63) is 11.4 Å². The minimum absolute atomic E-state index is 0.166. The van der Waals surface area contributed by atoms with E-state index in [1.165, 1.54) is 9.58 Å². The van der Waals surface area contributed by atoms with Crippen molar-refractivity contribution < 1.29 is 14.3 Å². The highest BCUT2D eigenvalue weighted by Crippen LogP contribution is 2.16. The van der Waals surface area contributed by atoms with Gasteiger partial charge in [-0.1, -0.05) is 0 Å². The van der Waals surface area contributed by atoms with Crippen molar-refractivity contribution in [2.75, 3.05) is 25.9 Å². The van der Waals surface area contributed by atoms with Crippen LogP contribution in [0.4, 0.5) is 5.69 Å². The van der Waals surface area contributed by atoms with E-state index in [9.17, 15) is 9.59 Å². The zero-order valence-corrected chi connectivity index (χ0v) is 11.1. The number of aryl methyl sites for hydroxylation is 2. The van der Waals surface area contributed by atoms with Crippen molar-refractivity contribution in [2.24, 2.45) is 7.05 Å². The largest absolute Gasteiger partial charge is 0.451 e. The van der Waals surface area contributed by atoms with Crippen LogP contribution in [0.25, 0.3) is 0 Å². The first-order chi connectivity index (χ1) is 8.38. The van der Waals surface area contributed by atoms with Crippen LogP contribution >= 0.6 is 0 Å². The van der Waals surface area contributed by atoms with Crippen LogP contribution in [0.1, 0.15) is 23.1 Å². The second-order valence-electron chi connectivity index (χ2n) is 3.96. The monoisotopic (exact) mass is 254 g/mol. The summed E-state index contributed by atoms with van der Waals surface area (Å²) < 4.78 is 6.27. The van der Waals surface area contributed by atoms with Crippen molar-refractivity contribution in [1.82, 2.24) is 14.7 Å². The van der Waals surface area contributed by atoms with Gasteiger partial charge in [0, 0.05) is 20.6 Å². The number of amides is 1. The molecule has 100 valence electrons. The average Bonchev–Trinajstić information content (AvgIpc) is 2.59. The van der Waals surface area contributed by atoms with E-state index in [0.717, 1.165) is 0 Å². The Bertz CT molecular complexity index is 467. The predicted octanol–water partition coefficient (Wildman–Crippen LogP) is -0.0542. The summed E-state index contributed by atoms with van der Waals surface area (Å²) in [5, 5.41) is 4.01. The van der Waals surface area contributed by atoms with Gasteiger partial charge in [0.05, 0.1) is 11.4 Å². The van der Waals surface area contributed by atoms with Crippen LogP contribution in [0.5, 0.6) is 0 Å². The lowest BCUT2D eigenvalue weighted by Crippen LogP contribution is -2.31. The first kappa shape index (κ1) is 14.0. The molecule has 0 saturated heterocycles. The number of anilines is 1. The summed E-state index contributed by atoms with van der Waals surface area (Å²) in [6, 6.07) is 0. The summed E-state index contributed by atoms with van der Waals surface area (Å²) in [6.45, 7) is 3.79. The van der Waals surface area contributed by atoms with Gasteiger partial charge in [-0.15, -0.1) is 0 Å². The van der Waals surface area contributed by atoms with Gasteiger partial charge in [-0.25, -0.2) is 4.79 Å². The fourth-order valence-corrected chi connectivity index (χ4v) is 1.40. The molecule has 1 aromatic heterocycles. The first-order valence-electron chi connectivity index (χ1n) is 5.58. The van der Waals surface area contributed by atoms with Crippen LogP contribution < -0.4 is 5.73 Å². The number of carbonyl (C=O) groups is 2. The average molecular weight is 254 g/mol. The van der Waals surface area contributed by atoms with Crippen molar-refractivity contribution in [3.63, 3.8) is 0 Å². The minimum Gasteiger partial charge on any atom is -0.451 e. The summed E-state index contributed by atoms with van der Waals surface area (Å²) in [5.41, 5.74) is 6.72. The fraction of sp³-hybridized carbons (Fsp3) is 0.545. The Morgan fingerprint density at radius 3 is 2.56 bits per heavy atom. The number of ether oxygens (including phenoxy) is 1. The molecule has 18 heavy (non-hydrogen) atoms. The fourth-order valence-electron chi connectivity index (χ4n) is 1.40. The van der Waals surface area contributed by atoms with Crippen molar-refractivity contribution in [1.29, 1.82) is 0 Å². The Morgan fingerprint density at radius 1 is 1.50 bits per heavy atom. The molecule has 0 fully saturated rings. The molecular weight excluding hydrogens is 236 g/mol. The molecule has 1 rings (SSSR count). The summed E-state index contributed by atoms with van der Waals surface area (Å²) in [4.78, 5) is 24.7. The topological polar surface area (TPSA) is 90.4 Å². The van der Waals surface area contributed by atoms with Gasteiger partial charge in [0.15, 0.2) is 12.3 Å². The zero-order valence-electron chi connectivity index (χ0n) is 11.1. The number of likely N-dealkylation sites (N-methyl/N-ethyl adjacent to an activating group) is 1. The Labute approximate surface area is 105 Å². The molecular formula is C11H18N4O3. The number of nitrogen functional groups attached to an aromatic ring is 1. The molecule has 7 nitrogen and oxygen atoms in total. The third-order valence-corrected chi connectivity index (χ3v) is 2.69. The third kappa shape index (κ3) is 2.79. The lowest BCUT2D eigenvalue weighted by molar-refractivity contribution is -0.133. The lowest BCUT2D eigenvalue weighted by atomic mass is 10.3. The molecule has 0 unspecified atom stereocenters. The third-order valence-electron chi connectivity index (χ3n) is 2.69. The molecule has 0 saturated carbocycles. The summed E-state index contributed by atoms with van der Waals surface area (Å²) in [7, 11) is 3.23. The van der Waals surface area contributed by atoms with Crippen molar-refractivity contribution in [3.8, 4) is 0 Å². The first-order valence-corrected chi connectivity index (χ1v) is 5.58. The Morgan fingerprint density at radius 2 is 2.11 bits per heavy atom. The molecule has 0 bridgehead atoms. The lowest BCUT2D eigenvalue weighted by Gasteiger charge is -2.14. The molecule has 0 atom stereocenters. The zero-order chi connectivity index (χ0) is 13.9. The number of rotatable bonds is 4. The minimum atomic E-state index is -0.645. The van der Waals surface area contributed by atoms with Crippen LogP contribution in [0, 0.1) is 6.92 Å². The highest BCUT2D eigenvalue weighted by atomic mass is 16.5. The van der Waals surface area contributed by atoms with Crippen LogP contribution in [-0.2, 0) is 16.6 Å². The van der Waals surface area contributed by atoms with Gasteiger partial charge in [0.2, 0.25) is 0 Å². The number of esters is 1. The van der Waals surface area contributed by atoms with E-state index in [-0.39, 0.29) is 23.9 Å². The summed E-state index contributed by atoms with van der Waals surface area (Å²) >= 11 is 0. The number of nitrogens with zero attached hydrogens (tertiary/aromatic N) is 3. The van der Waals surface area contributed by atoms with E-state index in [1.54, 1.807) is 21.0 Å². The number of nitrogens with two attached hydrogens (primary N) is 1. The van der Waals surface area contributed by atoms with E-state index in [4.69, 9.17) is 10.5 Å². The van der Waals surface area contributed by atoms with Gasteiger partial charge in [-0.2, -0.15) is 5.10 Å². The standard InChI is InChI=1S/C11H18N4O3/c1-5-14(3)8(16)6-18-11(17)10-9(12)7(2)13-15(10)4/h5-6,12H2,1-4H3. The Balaban J connectivity index is 2.69. The maximum Gasteiger partial charge on any atom is 0.359 e. The summed E-state index contributed by atoms with van der Waals surface area (Å²) in [6.07, 6.45) is 0. The molecule has 0 aliphatic heterocycles. The van der Waals surface area contributed by atoms with E-state index >= 15 is 0 Å². The van der Waals surface area contributed by atoms with E-state index in [1.807, 2.05) is 6.92 Å². The molecule has 0 radical (unpaired) electrons. The number of hydrogen-bond donors (Lipinski definition) is 1. The number of carbonyl (C=O) groups excluding carboxylic acids is 2. The molecule has 1 amide bonds. The van der Waals surface area contributed by atoms with Gasteiger partial charge in [0.25, 0.3) is 5.91 Å². The smallest absolute Gasteiger partial charge is 0.359 e. The highest BCUT2D eigenvalue weighted by Gasteiger charge is 2.20.